The first kappa shape index (κ1) is 27.2. The van der Waals surface area contributed by atoms with Crippen molar-refractivity contribution in [1.82, 2.24) is 4.90 Å². The number of benzene rings is 3. The number of likely N-dealkylation sites (tertiary alicyclic amines) is 1. The third-order valence-electron chi connectivity index (χ3n) is 8.40. The highest BCUT2D eigenvalue weighted by molar-refractivity contribution is 5.70. The molecule has 0 radical (unpaired) electrons. The monoisotopic (exact) mass is 531 g/mol. The lowest BCUT2D eigenvalue weighted by Gasteiger charge is -2.27. The Morgan fingerprint density at radius 2 is 1.74 bits per heavy atom. The number of aliphatic carboxylic acids is 1. The Balaban J connectivity index is 1.40. The third-order valence-corrected chi connectivity index (χ3v) is 8.40. The molecule has 0 spiro atoms. The molecular formula is C33H38FNO4. The number of nitrogens with zero attached hydrogens (tertiary/aromatic N) is 1. The molecule has 3 aromatic carbocycles. The van der Waals surface area contributed by atoms with E-state index in [0.29, 0.717) is 35.9 Å². The van der Waals surface area contributed by atoms with Gasteiger partial charge in [0.25, 0.3) is 0 Å². The summed E-state index contributed by atoms with van der Waals surface area (Å²) in [5, 5.41) is 9.39. The Bertz CT molecular complexity index is 1310. The summed E-state index contributed by atoms with van der Waals surface area (Å²) in [7, 11) is 1.59. The molecule has 0 amide bonds. The first-order chi connectivity index (χ1) is 18.8. The number of hydrogen-bond acceptors (Lipinski definition) is 4. The number of carbonyl (C=O) groups is 1. The molecule has 3 aromatic rings. The summed E-state index contributed by atoms with van der Waals surface area (Å²) >= 11 is 0. The Morgan fingerprint density at radius 3 is 2.44 bits per heavy atom. The summed E-state index contributed by atoms with van der Waals surface area (Å²) in [4.78, 5) is 13.9. The number of carboxylic acids is 1. The van der Waals surface area contributed by atoms with Gasteiger partial charge in [-0.3, -0.25) is 9.69 Å². The van der Waals surface area contributed by atoms with E-state index in [0.717, 1.165) is 60.2 Å². The molecule has 39 heavy (non-hydrogen) atoms. The van der Waals surface area contributed by atoms with E-state index in [1.807, 2.05) is 36.4 Å². The van der Waals surface area contributed by atoms with E-state index in [1.165, 1.54) is 6.07 Å². The second kappa shape index (κ2) is 11.8. The molecule has 0 aromatic heterocycles. The van der Waals surface area contributed by atoms with Crippen LogP contribution in [0.15, 0.2) is 60.7 Å². The van der Waals surface area contributed by atoms with Gasteiger partial charge < -0.3 is 14.6 Å². The SMILES string of the molecule is COc1ccc(F)c(-c2ccc(COc3cccc([C@H](CC(=O)O)C4CC4)c3)cc2CN2[C@H](C)CC[C@H]2C)c1. The van der Waals surface area contributed by atoms with Crippen molar-refractivity contribution in [2.24, 2.45) is 5.92 Å². The minimum Gasteiger partial charge on any atom is -0.497 e. The summed E-state index contributed by atoms with van der Waals surface area (Å²) in [5.74, 6) is 0.791. The molecule has 1 saturated heterocycles. The van der Waals surface area contributed by atoms with Crippen LogP contribution in [-0.2, 0) is 17.9 Å². The van der Waals surface area contributed by atoms with Crippen LogP contribution in [0.2, 0.25) is 0 Å². The fraction of sp³-hybridized carbons (Fsp3) is 0.424. The van der Waals surface area contributed by atoms with Crippen molar-refractivity contribution in [3.05, 3.63) is 83.2 Å². The molecule has 2 aliphatic rings. The van der Waals surface area contributed by atoms with E-state index in [-0.39, 0.29) is 18.2 Å². The van der Waals surface area contributed by atoms with Gasteiger partial charge >= 0.3 is 5.97 Å². The second-order valence-electron chi connectivity index (χ2n) is 11.2. The van der Waals surface area contributed by atoms with Crippen molar-refractivity contribution in [1.29, 1.82) is 0 Å². The van der Waals surface area contributed by atoms with Gasteiger partial charge in [0.05, 0.1) is 13.5 Å². The molecule has 1 aliphatic carbocycles. The highest BCUT2D eigenvalue weighted by atomic mass is 19.1. The van der Waals surface area contributed by atoms with E-state index in [2.05, 4.69) is 24.8 Å². The van der Waals surface area contributed by atoms with Crippen LogP contribution in [0.3, 0.4) is 0 Å². The van der Waals surface area contributed by atoms with Crippen molar-refractivity contribution < 1.29 is 23.8 Å². The molecule has 5 nitrogen and oxygen atoms in total. The van der Waals surface area contributed by atoms with Crippen molar-refractivity contribution in [2.75, 3.05) is 7.11 Å². The molecule has 5 rings (SSSR count). The highest BCUT2D eigenvalue weighted by Crippen LogP contribution is 2.45. The lowest BCUT2D eigenvalue weighted by Crippen LogP contribution is -2.32. The van der Waals surface area contributed by atoms with Crippen LogP contribution in [0.1, 0.15) is 68.6 Å². The van der Waals surface area contributed by atoms with Gasteiger partial charge in [0.15, 0.2) is 0 Å². The van der Waals surface area contributed by atoms with Gasteiger partial charge in [-0.25, -0.2) is 4.39 Å². The van der Waals surface area contributed by atoms with Crippen LogP contribution < -0.4 is 9.47 Å². The van der Waals surface area contributed by atoms with Crippen molar-refractivity contribution in [2.45, 2.75) is 77.1 Å². The quantitative estimate of drug-likeness (QED) is 0.279. The van der Waals surface area contributed by atoms with Crippen LogP contribution in [0, 0.1) is 11.7 Å². The van der Waals surface area contributed by atoms with Gasteiger partial charge in [-0.2, -0.15) is 0 Å². The number of ether oxygens (including phenoxy) is 2. The maximum absolute atomic E-state index is 15.0. The predicted octanol–water partition coefficient (Wildman–Crippen LogP) is 7.42. The smallest absolute Gasteiger partial charge is 0.303 e. The third kappa shape index (κ3) is 6.44. The van der Waals surface area contributed by atoms with Crippen LogP contribution in [0.25, 0.3) is 11.1 Å². The first-order valence-electron chi connectivity index (χ1n) is 14.0. The van der Waals surface area contributed by atoms with Gasteiger partial charge in [0, 0.05) is 24.2 Å². The Morgan fingerprint density at radius 1 is 0.974 bits per heavy atom. The van der Waals surface area contributed by atoms with Crippen molar-refractivity contribution >= 4 is 5.97 Å². The first-order valence-corrected chi connectivity index (χ1v) is 14.0. The minimum atomic E-state index is -0.764. The number of halogens is 1. The average Bonchev–Trinajstić information content (AvgIpc) is 3.73. The summed E-state index contributed by atoms with van der Waals surface area (Å²) in [6.45, 7) is 5.62. The molecule has 206 valence electrons. The maximum Gasteiger partial charge on any atom is 0.303 e. The zero-order valence-corrected chi connectivity index (χ0v) is 23.0. The van der Waals surface area contributed by atoms with Gasteiger partial charge in [0.2, 0.25) is 0 Å². The summed E-state index contributed by atoms with van der Waals surface area (Å²) in [6, 6.07) is 19.8. The fourth-order valence-corrected chi connectivity index (χ4v) is 5.97. The van der Waals surface area contributed by atoms with Crippen LogP contribution in [0.5, 0.6) is 11.5 Å². The van der Waals surface area contributed by atoms with Gasteiger partial charge in [-0.05, 0) is 104 Å². The fourth-order valence-electron chi connectivity index (χ4n) is 5.97. The number of hydrogen-bond donors (Lipinski definition) is 1. The lowest BCUT2D eigenvalue weighted by atomic mass is 9.91. The molecule has 1 aliphatic heterocycles. The molecule has 6 heteroatoms. The van der Waals surface area contributed by atoms with E-state index >= 15 is 4.39 Å². The van der Waals surface area contributed by atoms with E-state index in [4.69, 9.17) is 9.47 Å². The highest BCUT2D eigenvalue weighted by Gasteiger charge is 2.34. The lowest BCUT2D eigenvalue weighted by molar-refractivity contribution is -0.137. The number of methoxy groups -OCH3 is 1. The van der Waals surface area contributed by atoms with Crippen LogP contribution in [-0.4, -0.2) is 35.2 Å². The molecule has 0 bridgehead atoms. The summed E-state index contributed by atoms with van der Waals surface area (Å²) < 4.78 is 26.6. The summed E-state index contributed by atoms with van der Waals surface area (Å²) in [5.41, 5.74) is 4.50. The average molecular weight is 532 g/mol. The van der Waals surface area contributed by atoms with Crippen LogP contribution in [0.4, 0.5) is 4.39 Å². The van der Waals surface area contributed by atoms with Crippen LogP contribution >= 0.6 is 0 Å². The van der Waals surface area contributed by atoms with E-state index in [1.54, 1.807) is 19.2 Å². The standard InChI is InChI=1S/C33H38FNO4/c1-21-7-8-22(2)35(21)19-26-15-23(9-13-29(26)31-17-27(38-3)12-14-32(31)34)20-39-28-6-4-5-25(16-28)30(18-33(36)37)24-10-11-24/h4-6,9,12-17,21-22,24,30H,7-8,10-11,18-20H2,1-3H3,(H,36,37)/t21-,22-,30-/m1/s1. The molecule has 1 heterocycles. The molecule has 2 fully saturated rings. The Hall–Kier alpha value is -3.38. The van der Waals surface area contributed by atoms with Gasteiger partial charge in [0.1, 0.15) is 23.9 Å². The van der Waals surface area contributed by atoms with E-state index < -0.39 is 5.97 Å². The molecule has 3 atom stereocenters. The molecule has 1 N–H and O–H groups in total. The number of carboxylic acid groups (broad SMARTS) is 1. The normalized spacial score (nSPS) is 20.1. The van der Waals surface area contributed by atoms with Gasteiger partial charge in [-0.15, -0.1) is 0 Å². The number of rotatable bonds is 11. The minimum absolute atomic E-state index is 0.0270. The predicted molar refractivity (Wildman–Crippen MR) is 151 cm³/mol. The summed E-state index contributed by atoms with van der Waals surface area (Å²) in [6.07, 6.45) is 4.63. The van der Waals surface area contributed by atoms with Gasteiger partial charge in [-0.1, -0.05) is 30.3 Å². The Kier molecular flexibility index (Phi) is 8.22. The zero-order valence-electron chi connectivity index (χ0n) is 23.0. The largest absolute Gasteiger partial charge is 0.497 e. The van der Waals surface area contributed by atoms with Crippen molar-refractivity contribution in [3.8, 4) is 22.6 Å². The second-order valence-corrected chi connectivity index (χ2v) is 11.2. The molecule has 1 saturated carbocycles. The maximum atomic E-state index is 15.0. The molecular weight excluding hydrogens is 493 g/mol. The molecule has 0 unspecified atom stereocenters. The zero-order chi connectivity index (χ0) is 27.5. The van der Waals surface area contributed by atoms with E-state index in [9.17, 15) is 9.90 Å². The topological polar surface area (TPSA) is 59.0 Å². The van der Waals surface area contributed by atoms with Crippen molar-refractivity contribution in [3.63, 3.8) is 0 Å². The Labute approximate surface area is 230 Å².